The highest BCUT2D eigenvalue weighted by atomic mass is 127. The van der Waals surface area contributed by atoms with Gasteiger partial charge in [0.2, 0.25) is 0 Å². The van der Waals surface area contributed by atoms with Gasteiger partial charge in [0.05, 0.1) is 18.0 Å². The molecule has 3 N–H and O–H groups in total. The van der Waals surface area contributed by atoms with Gasteiger partial charge in [0, 0.05) is 15.7 Å². The number of benzene rings is 2. The van der Waals surface area contributed by atoms with Crippen LogP contribution in [0.15, 0.2) is 48.5 Å². The third-order valence-electron chi connectivity index (χ3n) is 2.87. The summed E-state index contributed by atoms with van der Waals surface area (Å²) in [7, 11) is 0. The number of carbonyl (C=O) groups excluding carboxylic acids is 1. The predicted molar refractivity (Wildman–Crippen MR) is 88.8 cm³/mol. The van der Waals surface area contributed by atoms with Crippen molar-refractivity contribution in [3.63, 3.8) is 0 Å². The molecule has 20 heavy (non-hydrogen) atoms. The number of hydrogen-bond acceptors (Lipinski definition) is 3. The lowest BCUT2D eigenvalue weighted by molar-refractivity contribution is 0.0981. The Morgan fingerprint density at radius 3 is 2.60 bits per heavy atom. The van der Waals surface area contributed by atoms with E-state index in [1.807, 2.05) is 30.3 Å². The standard InChI is InChI=1S/C15H15IN2O2/c16-12-5-3-4-11(10-12)15(20)18(8-9-19)14-7-2-1-6-13(14)17/h1-7,10,19H,8-9,17H2. The number of para-hydroxylation sites is 2. The topological polar surface area (TPSA) is 66.6 Å². The van der Waals surface area contributed by atoms with Crippen LogP contribution in [0.4, 0.5) is 11.4 Å². The summed E-state index contributed by atoms with van der Waals surface area (Å²) < 4.78 is 0.985. The number of aliphatic hydroxyl groups excluding tert-OH is 1. The molecule has 0 aromatic heterocycles. The molecule has 2 rings (SSSR count). The Labute approximate surface area is 131 Å². The van der Waals surface area contributed by atoms with Crippen LogP contribution in [-0.2, 0) is 0 Å². The summed E-state index contributed by atoms with van der Waals surface area (Å²) in [5, 5.41) is 9.20. The first-order valence-corrected chi connectivity index (χ1v) is 7.24. The van der Waals surface area contributed by atoms with Crippen LogP contribution in [0.2, 0.25) is 0 Å². The van der Waals surface area contributed by atoms with Crippen LogP contribution in [0.3, 0.4) is 0 Å². The van der Waals surface area contributed by atoms with Crippen molar-refractivity contribution in [3.8, 4) is 0 Å². The lowest BCUT2D eigenvalue weighted by Crippen LogP contribution is -2.34. The highest BCUT2D eigenvalue weighted by molar-refractivity contribution is 14.1. The monoisotopic (exact) mass is 382 g/mol. The molecule has 0 bridgehead atoms. The van der Waals surface area contributed by atoms with Crippen LogP contribution in [0.25, 0.3) is 0 Å². The summed E-state index contributed by atoms with van der Waals surface area (Å²) in [5.41, 5.74) is 7.63. The molecule has 104 valence electrons. The number of nitrogens with two attached hydrogens (primary N) is 1. The van der Waals surface area contributed by atoms with Gasteiger partial charge in [0.25, 0.3) is 5.91 Å². The molecule has 0 atom stereocenters. The van der Waals surface area contributed by atoms with Crippen molar-refractivity contribution in [3.05, 3.63) is 57.7 Å². The van der Waals surface area contributed by atoms with E-state index in [2.05, 4.69) is 22.6 Å². The summed E-state index contributed by atoms with van der Waals surface area (Å²) in [5.74, 6) is -0.171. The molecular formula is C15H15IN2O2. The quantitative estimate of drug-likeness (QED) is 0.631. The Morgan fingerprint density at radius 1 is 1.20 bits per heavy atom. The average molecular weight is 382 g/mol. The fourth-order valence-corrected chi connectivity index (χ4v) is 2.49. The van der Waals surface area contributed by atoms with Gasteiger partial charge >= 0.3 is 0 Å². The van der Waals surface area contributed by atoms with Crippen molar-refractivity contribution in [2.24, 2.45) is 0 Å². The minimum atomic E-state index is -0.171. The van der Waals surface area contributed by atoms with Crippen LogP contribution in [0.5, 0.6) is 0 Å². The molecule has 0 saturated carbocycles. The summed E-state index contributed by atoms with van der Waals surface area (Å²) >= 11 is 2.16. The zero-order chi connectivity index (χ0) is 14.5. The molecule has 0 radical (unpaired) electrons. The molecule has 4 nitrogen and oxygen atoms in total. The molecule has 1 amide bonds. The number of carbonyl (C=O) groups is 1. The Hall–Kier alpha value is -1.60. The molecule has 0 fully saturated rings. The minimum Gasteiger partial charge on any atom is -0.397 e. The van der Waals surface area contributed by atoms with Crippen molar-refractivity contribution >= 4 is 39.9 Å². The van der Waals surface area contributed by atoms with E-state index >= 15 is 0 Å². The Balaban J connectivity index is 2.39. The Kier molecular flexibility index (Phi) is 4.97. The molecule has 5 heteroatoms. The van der Waals surface area contributed by atoms with E-state index in [9.17, 15) is 9.90 Å². The molecule has 0 aliphatic heterocycles. The van der Waals surface area contributed by atoms with Crippen LogP contribution in [0, 0.1) is 3.57 Å². The van der Waals surface area contributed by atoms with E-state index in [1.54, 1.807) is 18.2 Å². The largest absolute Gasteiger partial charge is 0.397 e. The summed E-state index contributed by atoms with van der Waals surface area (Å²) in [6, 6.07) is 14.5. The van der Waals surface area contributed by atoms with Crippen molar-refractivity contribution in [2.75, 3.05) is 23.8 Å². The fourth-order valence-electron chi connectivity index (χ4n) is 1.94. The lowest BCUT2D eigenvalue weighted by atomic mass is 10.1. The maximum Gasteiger partial charge on any atom is 0.258 e. The van der Waals surface area contributed by atoms with E-state index in [1.165, 1.54) is 4.90 Å². The second-order valence-electron chi connectivity index (χ2n) is 4.25. The SMILES string of the molecule is Nc1ccccc1N(CCO)C(=O)c1cccc(I)c1. The first-order valence-electron chi connectivity index (χ1n) is 6.16. The number of nitrogens with zero attached hydrogens (tertiary/aromatic N) is 1. The Morgan fingerprint density at radius 2 is 1.95 bits per heavy atom. The van der Waals surface area contributed by atoms with Gasteiger partial charge in [-0.1, -0.05) is 18.2 Å². The maximum atomic E-state index is 12.6. The average Bonchev–Trinajstić information content (AvgIpc) is 2.45. The van der Waals surface area contributed by atoms with E-state index in [0.29, 0.717) is 16.9 Å². The van der Waals surface area contributed by atoms with Crippen LogP contribution >= 0.6 is 22.6 Å². The van der Waals surface area contributed by atoms with E-state index in [4.69, 9.17) is 5.73 Å². The van der Waals surface area contributed by atoms with E-state index < -0.39 is 0 Å². The first-order chi connectivity index (χ1) is 9.63. The van der Waals surface area contributed by atoms with Gasteiger partial charge in [-0.15, -0.1) is 0 Å². The van der Waals surface area contributed by atoms with Gasteiger partial charge in [-0.05, 0) is 52.9 Å². The number of anilines is 2. The molecule has 0 aliphatic carbocycles. The van der Waals surface area contributed by atoms with Crippen LogP contribution in [-0.4, -0.2) is 24.2 Å². The van der Waals surface area contributed by atoms with Gasteiger partial charge in [0.15, 0.2) is 0 Å². The van der Waals surface area contributed by atoms with Crippen LogP contribution < -0.4 is 10.6 Å². The van der Waals surface area contributed by atoms with Crippen LogP contribution in [0.1, 0.15) is 10.4 Å². The molecule has 0 aliphatic rings. The van der Waals surface area contributed by atoms with Crippen molar-refractivity contribution in [2.45, 2.75) is 0 Å². The molecule has 0 saturated heterocycles. The minimum absolute atomic E-state index is 0.121. The Bertz CT molecular complexity index is 616. The second kappa shape index (κ2) is 6.71. The maximum absolute atomic E-state index is 12.6. The predicted octanol–water partition coefficient (Wildman–Crippen LogP) is 2.51. The number of hydrogen-bond donors (Lipinski definition) is 2. The number of nitrogen functional groups attached to an aromatic ring is 1. The lowest BCUT2D eigenvalue weighted by Gasteiger charge is -2.23. The number of rotatable bonds is 4. The van der Waals surface area contributed by atoms with Gasteiger partial charge in [-0.2, -0.15) is 0 Å². The number of amides is 1. The zero-order valence-electron chi connectivity index (χ0n) is 10.8. The third-order valence-corrected chi connectivity index (χ3v) is 3.54. The molecule has 0 heterocycles. The van der Waals surface area contributed by atoms with Gasteiger partial charge in [-0.3, -0.25) is 4.79 Å². The summed E-state index contributed by atoms with van der Waals surface area (Å²) in [4.78, 5) is 14.1. The molecule has 2 aromatic rings. The molecule has 0 spiro atoms. The van der Waals surface area contributed by atoms with Crippen molar-refractivity contribution in [1.82, 2.24) is 0 Å². The number of halogens is 1. The zero-order valence-corrected chi connectivity index (χ0v) is 12.9. The molecule has 2 aromatic carbocycles. The van der Waals surface area contributed by atoms with E-state index in [-0.39, 0.29) is 19.1 Å². The normalized spacial score (nSPS) is 10.3. The van der Waals surface area contributed by atoms with Gasteiger partial charge < -0.3 is 15.7 Å². The fraction of sp³-hybridized carbons (Fsp3) is 0.133. The van der Waals surface area contributed by atoms with Crippen molar-refractivity contribution < 1.29 is 9.90 Å². The smallest absolute Gasteiger partial charge is 0.258 e. The second-order valence-corrected chi connectivity index (χ2v) is 5.50. The van der Waals surface area contributed by atoms with E-state index in [0.717, 1.165) is 3.57 Å². The van der Waals surface area contributed by atoms with Gasteiger partial charge in [-0.25, -0.2) is 0 Å². The molecule has 0 unspecified atom stereocenters. The summed E-state index contributed by atoms with van der Waals surface area (Å²) in [6.07, 6.45) is 0. The highest BCUT2D eigenvalue weighted by Gasteiger charge is 2.19. The van der Waals surface area contributed by atoms with Crippen molar-refractivity contribution in [1.29, 1.82) is 0 Å². The highest BCUT2D eigenvalue weighted by Crippen LogP contribution is 2.24. The third kappa shape index (κ3) is 3.29. The molecular weight excluding hydrogens is 367 g/mol. The van der Waals surface area contributed by atoms with Gasteiger partial charge in [0.1, 0.15) is 0 Å². The summed E-state index contributed by atoms with van der Waals surface area (Å²) in [6.45, 7) is 0.0858. The first kappa shape index (κ1) is 14.8. The number of aliphatic hydroxyl groups is 1.